The molecule has 1 N–H and O–H groups in total. The molecule has 1 fully saturated rings. The molecule has 0 atom stereocenters. The molecule has 1 amide bonds. The van der Waals surface area contributed by atoms with Crippen molar-refractivity contribution in [2.24, 2.45) is 0 Å². The van der Waals surface area contributed by atoms with E-state index in [1.807, 2.05) is 27.7 Å². The molecule has 0 aromatic heterocycles. The Morgan fingerprint density at radius 3 is 2.14 bits per heavy atom. The van der Waals surface area contributed by atoms with Crippen LogP contribution in [0.1, 0.15) is 41.0 Å². The number of nitrogens with zero attached hydrogens (tertiary/aromatic N) is 1. The number of carboxylic acid groups (broad SMARTS) is 1. The summed E-state index contributed by atoms with van der Waals surface area (Å²) in [6, 6.07) is 0. The highest BCUT2D eigenvalue weighted by Crippen LogP contribution is 2.40. The molecule has 0 saturated carbocycles. The average molecular weight is 295 g/mol. The van der Waals surface area contributed by atoms with Gasteiger partial charge in [-0.1, -0.05) is 0 Å². The number of hydrogen-bond acceptors (Lipinski definition) is 4. The van der Waals surface area contributed by atoms with Gasteiger partial charge < -0.3 is 19.3 Å². The predicted molar refractivity (Wildman–Crippen MR) is 77.6 cm³/mol. The van der Waals surface area contributed by atoms with Crippen LogP contribution in [-0.4, -0.2) is 53.3 Å². The molecule has 0 aliphatic carbocycles. The number of carboxylic acids is 1. The van der Waals surface area contributed by atoms with E-state index in [-0.39, 0.29) is 18.0 Å². The molecule has 116 valence electrons. The second kappa shape index (κ2) is 5.14. The Hall–Kier alpha value is -1.34. The molecule has 0 bridgehead atoms. The molecule has 2 aliphatic heterocycles. The molecule has 21 heavy (non-hydrogen) atoms. The maximum absolute atomic E-state index is 11.5. The van der Waals surface area contributed by atoms with Crippen molar-refractivity contribution < 1.29 is 24.0 Å². The number of carbonyl (C=O) groups is 2. The maximum atomic E-state index is 11.5. The summed E-state index contributed by atoms with van der Waals surface area (Å²) in [5.74, 6) is -1.15. The first kappa shape index (κ1) is 16.0. The van der Waals surface area contributed by atoms with E-state index in [0.29, 0.717) is 18.4 Å². The molecule has 2 aliphatic rings. The van der Waals surface area contributed by atoms with Crippen LogP contribution in [0.5, 0.6) is 0 Å². The molecular weight excluding hydrogens is 273 g/mol. The summed E-state index contributed by atoms with van der Waals surface area (Å²) in [5, 5.41) is 9.42. The number of rotatable bonds is 2. The second-order valence-electron chi connectivity index (χ2n) is 6.59. The van der Waals surface area contributed by atoms with Gasteiger partial charge in [0.1, 0.15) is 0 Å². The Kier molecular flexibility index (Phi) is 3.93. The maximum Gasteiger partial charge on any atom is 0.491 e. The number of amides is 1. The standard InChI is InChI=1S/C14H22BNO5/c1-9(17)16-7-6-11(10(8-16)12(18)19)15-20-13(2,3)14(4,5)21-15/h6-8H2,1-5H3,(H,18,19). The van der Waals surface area contributed by atoms with E-state index >= 15 is 0 Å². The van der Waals surface area contributed by atoms with E-state index in [4.69, 9.17) is 9.31 Å². The number of aliphatic carboxylic acids is 1. The highest BCUT2D eigenvalue weighted by atomic mass is 16.7. The van der Waals surface area contributed by atoms with Gasteiger partial charge >= 0.3 is 13.1 Å². The van der Waals surface area contributed by atoms with Crippen molar-refractivity contribution in [2.75, 3.05) is 13.1 Å². The van der Waals surface area contributed by atoms with Crippen molar-refractivity contribution in [1.29, 1.82) is 0 Å². The van der Waals surface area contributed by atoms with Crippen LogP contribution in [0.15, 0.2) is 11.0 Å². The number of hydrogen-bond donors (Lipinski definition) is 1. The summed E-state index contributed by atoms with van der Waals surface area (Å²) in [6.45, 7) is 9.75. The average Bonchev–Trinajstić information content (AvgIpc) is 2.57. The largest absolute Gasteiger partial charge is 0.491 e. The molecule has 0 unspecified atom stereocenters. The Morgan fingerprint density at radius 2 is 1.71 bits per heavy atom. The van der Waals surface area contributed by atoms with Crippen LogP contribution in [0.2, 0.25) is 0 Å². The minimum atomic E-state index is -1.02. The van der Waals surface area contributed by atoms with Gasteiger partial charge in [-0.05, 0) is 39.6 Å². The topological polar surface area (TPSA) is 76.1 Å². The smallest absolute Gasteiger partial charge is 0.478 e. The monoisotopic (exact) mass is 295 g/mol. The van der Waals surface area contributed by atoms with Crippen LogP contribution in [0.4, 0.5) is 0 Å². The van der Waals surface area contributed by atoms with Crippen LogP contribution in [-0.2, 0) is 18.9 Å². The molecule has 2 heterocycles. The van der Waals surface area contributed by atoms with Gasteiger partial charge in [0.25, 0.3) is 0 Å². The van der Waals surface area contributed by atoms with E-state index in [2.05, 4.69) is 0 Å². The van der Waals surface area contributed by atoms with Gasteiger partial charge in [-0.25, -0.2) is 4.79 Å². The van der Waals surface area contributed by atoms with Gasteiger partial charge in [-0.3, -0.25) is 4.79 Å². The van der Waals surface area contributed by atoms with E-state index < -0.39 is 24.3 Å². The Labute approximate surface area is 125 Å². The third kappa shape index (κ3) is 2.85. The molecule has 1 saturated heterocycles. The van der Waals surface area contributed by atoms with Crippen molar-refractivity contribution in [1.82, 2.24) is 4.90 Å². The van der Waals surface area contributed by atoms with Crippen LogP contribution in [0, 0.1) is 0 Å². The van der Waals surface area contributed by atoms with Crippen molar-refractivity contribution >= 4 is 19.0 Å². The van der Waals surface area contributed by atoms with Crippen LogP contribution in [0.25, 0.3) is 0 Å². The zero-order chi connectivity index (χ0) is 16.0. The van der Waals surface area contributed by atoms with Gasteiger partial charge in [-0.15, -0.1) is 0 Å². The molecule has 0 spiro atoms. The molecule has 2 rings (SSSR count). The SMILES string of the molecule is CC(=O)N1CCC(B2OC(C)(C)C(C)(C)O2)=C(C(=O)O)C1. The van der Waals surface area contributed by atoms with E-state index in [1.54, 1.807) is 0 Å². The van der Waals surface area contributed by atoms with Crippen LogP contribution >= 0.6 is 0 Å². The highest BCUT2D eigenvalue weighted by Gasteiger charge is 2.53. The van der Waals surface area contributed by atoms with Gasteiger partial charge in [0.2, 0.25) is 5.91 Å². The molecule has 0 radical (unpaired) electrons. The first-order valence-electron chi connectivity index (χ1n) is 7.11. The fourth-order valence-corrected chi connectivity index (χ4v) is 2.50. The first-order chi connectivity index (χ1) is 9.55. The van der Waals surface area contributed by atoms with Gasteiger partial charge in [0, 0.05) is 13.5 Å². The van der Waals surface area contributed by atoms with Gasteiger partial charge in [0.05, 0.1) is 23.3 Å². The van der Waals surface area contributed by atoms with Crippen molar-refractivity contribution in [3.63, 3.8) is 0 Å². The lowest BCUT2D eigenvalue weighted by Gasteiger charge is -2.32. The highest BCUT2D eigenvalue weighted by molar-refractivity contribution is 6.55. The van der Waals surface area contributed by atoms with Crippen molar-refractivity contribution in [2.45, 2.75) is 52.2 Å². The summed E-state index contributed by atoms with van der Waals surface area (Å²) in [5.41, 5.74) is -0.175. The Balaban J connectivity index is 2.31. The fourth-order valence-electron chi connectivity index (χ4n) is 2.50. The van der Waals surface area contributed by atoms with E-state index in [9.17, 15) is 14.7 Å². The van der Waals surface area contributed by atoms with Gasteiger partial charge in [-0.2, -0.15) is 0 Å². The second-order valence-corrected chi connectivity index (χ2v) is 6.59. The summed E-state index contributed by atoms with van der Waals surface area (Å²) in [4.78, 5) is 24.5. The molecule has 6 nitrogen and oxygen atoms in total. The molecule has 7 heteroatoms. The summed E-state index contributed by atoms with van der Waals surface area (Å²) in [6.07, 6.45) is 0.456. The lowest BCUT2D eigenvalue weighted by molar-refractivity contribution is -0.134. The minimum Gasteiger partial charge on any atom is -0.478 e. The van der Waals surface area contributed by atoms with E-state index in [1.165, 1.54) is 11.8 Å². The lowest BCUT2D eigenvalue weighted by Crippen LogP contribution is -2.41. The van der Waals surface area contributed by atoms with Crippen LogP contribution in [0.3, 0.4) is 0 Å². The normalized spacial score (nSPS) is 24.4. The Bertz CT molecular complexity index is 495. The van der Waals surface area contributed by atoms with Crippen LogP contribution < -0.4 is 0 Å². The first-order valence-corrected chi connectivity index (χ1v) is 7.11. The lowest BCUT2D eigenvalue weighted by atomic mass is 9.71. The molecule has 0 aromatic carbocycles. The quantitative estimate of drug-likeness (QED) is 0.776. The zero-order valence-corrected chi connectivity index (χ0v) is 13.2. The Morgan fingerprint density at radius 1 is 1.19 bits per heavy atom. The van der Waals surface area contributed by atoms with Gasteiger partial charge in [0.15, 0.2) is 0 Å². The zero-order valence-electron chi connectivity index (χ0n) is 13.2. The molecular formula is C14H22BNO5. The van der Waals surface area contributed by atoms with Crippen molar-refractivity contribution in [3.05, 3.63) is 11.0 Å². The van der Waals surface area contributed by atoms with Crippen molar-refractivity contribution in [3.8, 4) is 0 Å². The third-order valence-corrected chi connectivity index (χ3v) is 4.63. The fraction of sp³-hybridized carbons (Fsp3) is 0.714. The summed E-state index contributed by atoms with van der Waals surface area (Å²) >= 11 is 0. The predicted octanol–water partition coefficient (Wildman–Crippen LogP) is 1.25. The number of carbonyl (C=O) groups excluding carboxylic acids is 1. The molecule has 0 aromatic rings. The summed E-state index contributed by atoms with van der Waals surface area (Å²) in [7, 11) is -0.657. The van der Waals surface area contributed by atoms with E-state index in [0.717, 1.165) is 0 Å². The summed E-state index contributed by atoms with van der Waals surface area (Å²) < 4.78 is 11.9. The minimum absolute atomic E-state index is 0.101. The third-order valence-electron chi connectivity index (χ3n) is 4.63.